The number of aliphatic hydroxyl groups excluding tert-OH is 1. The predicted molar refractivity (Wildman–Crippen MR) is 72.6 cm³/mol. The molecule has 0 aliphatic carbocycles. The SMILES string of the molecule is CC(C)(C)NC(=O)NCCN1CCCCC1CO. The summed E-state index contributed by atoms with van der Waals surface area (Å²) in [5.41, 5.74) is -0.206. The molecule has 5 nitrogen and oxygen atoms in total. The Labute approximate surface area is 110 Å². The van der Waals surface area contributed by atoms with Gasteiger partial charge in [-0.15, -0.1) is 0 Å². The topological polar surface area (TPSA) is 64.6 Å². The molecule has 0 aromatic heterocycles. The minimum atomic E-state index is -0.206. The van der Waals surface area contributed by atoms with E-state index in [-0.39, 0.29) is 24.2 Å². The Hall–Kier alpha value is -0.810. The van der Waals surface area contributed by atoms with Crippen molar-refractivity contribution in [3.05, 3.63) is 0 Å². The van der Waals surface area contributed by atoms with Crippen LogP contribution in [0.2, 0.25) is 0 Å². The molecule has 0 saturated carbocycles. The smallest absolute Gasteiger partial charge is 0.315 e. The molecule has 0 spiro atoms. The lowest BCUT2D eigenvalue weighted by Crippen LogP contribution is -2.50. The molecule has 1 saturated heterocycles. The summed E-state index contributed by atoms with van der Waals surface area (Å²) in [4.78, 5) is 13.8. The third-order valence-electron chi connectivity index (χ3n) is 3.13. The first-order chi connectivity index (χ1) is 8.42. The number of urea groups is 1. The normalized spacial score (nSPS) is 21.7. The molecule has 1 unspecified atom stereocenters. The summed E-state index contributed by atoms with van der Waals surface area (Å²) >= 11 is 0. The van der Waals surface area contributed by atoms with Crippen LogP contribution in [0.3, 0.4) is 0 Å². The lowest BCUT2D eigenvalue weighted by atomic mass is 10.0. The van der Waals surface area contributed by atoms with Gasteiger partial charge in [-0.2, -0.15) is 0 Å². The minimum Gasteiger partial charge on any atom is -0.395 e. The fourth-order valence-electron chi connectivity index (χ4n) is 2.26. The van der Waals surface area contributed by atoms with Crippen LogP contribution in [-0.4, -0.2) is 53.9 Å². The predicted octanol–water partition coefficient (Wildman–Crippen LogP) is 0.931. The van der Waals surface area contributed by atoms with E-state index < -0.39 is 0 Å². The molecule has 5 heteroatoms. The van der Waals surface area contributed by atoms with Crippen LogP contribution in [0.15, 0.2) is 0 Å². The average Bonchev–Trinajstić information content (AvgIpc) is 2.27. The molecule has 3 N–H and O–H groups in total. The molecule has 0 bridgehead atoms. The fourth-order valence-corrected chi connectivity index (χ4v) is 2.26. The van der Waals surface area contributed by atoms with Crippen molar-refractivity contribution < 1.29 is 9.90 Å². The van der Waals surface area contributed by atoms with Crippen LogP contribution < -0.4 is 10.6 Å². The van der Waals surface area contributed by atoms with Crippen molar-refractivity contribution in [2.24, 2.45) is 0 Å². The number of amides is 2. The lowest BCUT2D eigenvalue weighted by molar-refractivity contribution is 0.0915. The Morgan fingerprint density at radius 2 is 2.11 bits per heavy atom. The van der Waals surface area contributed by atoms with Crippen LogP contribution in [0.1, 0.15) is 40.0 Å². The van der Waals surface area contributed by atoms with Gasteiger partial charge in [0, 0.05) is 24.7 Å². The fraction of sp³-hybridized carbons (Fsp3) is 0.923. The standard InChI is InChI=1S/C13H27N3O2/c1-13(2,3)15-12(18)14-7-9-16-8-5-4-6-11(16)10-17/h11,17H,4-10H2,1-3H3,(H2,14,15,18). The van der Waals surface area contributed by atoms with E-state index in [1.807, 2.05) is 20.8 Å². The van der Waals surface area contributed by atoms with E-state index in [2.05, 4.69) is 15.5 Å². The number of hydrogen-bond acceptors (Lipinski definition) is 3. The molecule has 2 amide bonds. The van der Waals surface area contributed by atoms with Gasteiger partial charge in [-0.05, 0) is 40.2 Å². The van der Waals surface area contributed by atoms with Crippen LogP contribution in [0.4, 0.5) is 4.79 Å². The number of carbonyl (C=O) groups excluding carboxylic acids is 1. The number of nitrogens with zero attached hydrogens (tertiary/aromatic N) is 1. The summed E-state index contributed by atoms with van der Waals surface area (Å²) in [7, 11) is 0. The quantitative estimate of drug-likeness (QED) is 0.702. The van der Waals surface area contributed by atoms with Gasteiger partial charge in [-0.1, -0.05) is 6.42 Å². The van der Waals surface area contributed by atoms with Crippen molar-refractivity contribution in [3.63, 3.8) is 0 Å². The monoisotopic (exact) mass is 257 g/mol. The van der Waals surface area contributed by atoms with Crippen LogP contribution in [0.25, 0.3) is 0 Å². The van der Waals surface area contributed by atoms with Gasteiger partial charge in [-0.3, -0.25) is 4.90 Å². The van der Waals surface area contributed by atoms with Gasteiger partial charge in [0.15, 0.2) is 0 Å². The molecule has 1 aliphatic rings. The summed E-state index contributed by atoms with van der Waals surface area (Å²) in [6, 6.07) is 0.145. The highest BCUT2D eigenvalue weighted by Crippen LogP contribution is 2.15. The number of piperidine rings is 1. The molecule has 0 radical (unpaired) electrons. The second-order valence-electron chi connectivity index (χ2n) is 6.00. The number of carbonyl (C=O) groups is 1. The maximum atomic E-state index is 11.6. The van der Waals surface area contributed by atoms with E-state index in [1.54, 1.807) is 0 Å². The summed E-state index contributed by atoms with van der Waals surface area (Å²) < 4.78 is 0. The number of rotatable bonds is 4. The first-order valence-corrected chi connectivity index (χ1v) is 6.83. The lowest BCUT2D eigenvalue weighted by Gasteiger charge is -2.34. The van der Waals surface area contributed by atoms with Gasteiger partial charge in [0.2, 0.25) is 0 Å². The van der Waals surface area contributed by atoms with E-state index in [1.165, 1.54) is 12.8 Å². The zero-order chi connectivity index (χ0) is 13.6. The maximum Gasteiger partial charge on any atom is 0.315 e. The van der Waals surface area contributed by atoms with Gasteiger partial charge in [-0.25, -0.2) is 4.79 Å². The highest BCUT2D eigenvalue weighted by Gasteiger charge is 2.21. The van der Waals surface area contributed by atoms with E-state index >= 15 is 0 Å². The molecule has 1 heterocycles. The largest absolute Gasteiger partial charge is 0.395 e. The van der Waals surface area contributed by atoms with Crippen molar-refractivity contribution in [1.82, 2.24) is 15.5 Å². The van der Waals surface area contributed by atoms with Gasteiger partial charge >= 0.3 is 6.03 Å². The van der Waals surface area contributed by atoms with Crippen molar-refractivity contribution in [3.8, 4) is 0 Å². The van der Waals surface area contributed by atoms with Gasteiger partial charge < -0.3 is 15.7 Å². The van der Waals surface area contributed by atoms with Crippen molar-refractivity contribution >= 4 is 6.03 Å². The number of aliphatic hydroxyl groups is 1. The zero-order valence-corrected chi connectivity index (χ0v) is 11.8. The van der Waals surface area contributed by atoms with Crippen molar-refractivity contribution in [1.29, 1.82) is 0 Å². The third-order valence-corrected chi connectivity index (χ3v) is 3.13. The summed E-state index contributed by atoms with van der Waals surface area (Å²) in [5.74, 6) is 0. The number of nitrogens with one attached hydrogen (secondary N) is 2. The van der Waals surface area contributed by atoms with Gasteiger partial charge in [0.1, 0.15) is 0 Å². The van der Waals surface area contributed by atoms with Gasteiger partial charge in [0.25, 0.3) is 0 Å². The number of likely N-dealkylation sites (tertiary alicyclic amines) is 1. The molecule has 0 aromatic rings. The molecule has 1 rings (SSSR count). The van der Waals surface area contributed by atoms with E-state index in [0.29, 0.717) is 6.54 Å². The average molecular weight is 257 g/mol. The Balaban J connectivity index is 2.22. The Bertz CT molecular complexity index is 263. The highest BCUT2D eigenvalue weighted by molar-refractivity contribution is 5.74. The van der Waals surface area contributed by atoms with Crippen molar-refractivity contribution in [2.45, 2.75) is 51.6 Å². The Morgan fingerprint density at radius 3 is 2.72 bits per heavy atom. The second kappa shape index (κ2) is 6.95. The van der Waals surface area contributed by atoms with E-state index in [4.69, 9.17) is 0 Å². The third kappa shape index (κ3) is 5.69. The molecule has 1 atom stereocenters. The molecule has 1 fully saturated rings. The number of hydrogen-bond donors (Lipinski definition) is 3. The maximum absolute atomic E-state index is 11.6. The summed E-state index contributed by atoms with van der Waals surface area (Å²) in [6.45, 7) is 8.54. The van der Waals surface area contributed by atoms with Crippen LogP contribution in [0, 0.1) is 0 Å². The van der Waals surface area contributed by atoms with E-state index in [9.17, 15) is 9.90 Å². The highest BCUT2D eigenvalue weighted by atomic mass is 16.3. The van der Waals surface area contributed by atoms with Crippen LogP contribution >= 0.6 is 0 Å². The van der Waals surface area contributed by atoms with E-state index in [0.717, 1.165) is 19.5 Å². The second-order valence-corrected chi connectivity index (χ2v) is 6.00. The summed E-state index contributed by atoms with van der Waals surface area (Å²) in [5, 5.41) is 15.0. The Kier molecular flexibility index (Phi) is 5.88. The summed E-state index contributed by atoms with van der Waals surface area (Å²) in [6.07, 6.45) is 3.44. The first-order valence-electron chi connectivity index (χ1n) is 6.83. The first kappa shape index (κ1) is 15.2. The minimum absolute atomic E-state index is 0.125. The molecule has 0 aromatic carbocycles. The van der Waals surface area contributed by atoms with Gasteiger partial charge in [0.05, 0.1) is 6.61 Å². The van der Waals surface area contributed by atoms with Crippen molar-refractivity contribution in [2.75, 3.05) is 26.2 Å². The zero-order valence-electron chi connectivity index (χ0n) is 11.8. The molecule has 18 heavy (non-hydrogen) atoms. The van der Waals surface area contributed by atoms with Crippen LogP contribution in [-0.2, 0) is 0 Å². The molecular weight excluding hydrogens is 230 g/mol. The molecule has 106 valence electrons. The molecular formula is C13H27N3O2. The van der Waals surface area contributed by atoms with Crippen LogP contribution in [0.5, 0.6) is 0 Å². The molecule has 1 aliphatic heterocycles. The Morgan fingerprint density at radius 1 is 1.39 bits per heavy atom.